The number of hydrogen-bond acceptors (Lipinski definition) is 7. The van der Waals surface area contributed by atoms with E-state index >= 15 is 0 Å². The fourth-order valence-electron chi connectivity index (χ4n) is 3.09. The van der Waals surface area contributed by atoms with Crippen LogP contribution >= 0.6 is 0 Å². The number of alkyl halides is 3. The van der Waals surface area contributed by atoms with Crippen molar-refractivity contribution in [3.8, 4) is 5.88 Å². The highest BCUT2D eigenvalue weighted by Crippen LogP contribution is 2.23. The molecule has 3 rings (SSSR count). The van der Waals surface area contributed by atoms with Crippen LogP contribution in [0.1, 0.15) is 35.3 Å². The smallest absolute Gasteiger partial charge is 0.390 e. The number of pyridine rings is 1. The number of anilines is 2. The number of halogens is 3. The molecule has 29 heavy (non-hydrogen) atoms. The number of nitrogens with zero attached hydrogens (tertiary/aromatic N) is 3. The van der Waals surface area contributed by atoms with E-state index in [1.165, 1.54) is 6.20 Å². The Morgan fingerprint density at radius 3 is 2.66 bits per heavy atom. The van der Waals surface area contributed by atoms with E-state index in [2.05, 4.69) is 15.5 Å². The standard InChI is InChI=1S/C18H22F3N5O3/c1-11-15(16(22)29-25-11)17(27)24-12-2-3-14(23-10-12)28-13-4-7-26(8-5-13)9-6-18(19,20)21/h2-3,10,13H,4-9,22H2,1H3,(H,24,27). The number of carbonyl (C=O) groups is 1. The van der Waals surface area contributed by atoms with Gasteiger partial charge in [-0.05, 0) is 25.8 Å². The number of rotatable bonds is 6. The molecule has 1 amide bonds. The molecule has 0 saturated carbocycles. The first-order valence-corrected chi connectivity index (χ1v) is 9.16. The summed E-state index contributed by atoms with van der Waals surface area (Å²) < 4.78 is 47.5. The first kappa shape index (κ1) is 20.9. The molecule has 0 unspecified atom stereocenters. The quantitative estimate of drug-likeness (QED) is 0.750. The first-order chi connectivity index (χ1) is 13.7. The topological polar surface area (TPSA) is 107 Å². The zero-order valence-electron chi connectivity index (χ0n) is 15.8. The summed E-state index contributed by atoms with van der Waals surface area (Å²) in [6.07, 6.45) is -2.33. The molecule has 0 aliphatic carbocycles. The Labute approximate surface area is 165 Å². The number of ether oxygens (including phenoxy) is 1. The van der Waals surface area contributed by atoms with Gasteiger partial charge in [0.25, 0.3) is 5.91 Å². The van der Waals surface area contributed by atoms with Crippen LogP contribution in [0.25, 0.3) is 0 Å². The average molecular weight is 413 g/mol. The molecule has 1 aliphatic heterocycles. The molecular formula is C18H22F3N5O3. The van der Waals surface area contributed by atoms with Gasteiger partial charge in [-0.1, -0.05) is 5.16 Å². The molecule has 11 heteroatoms. The molecule has 2 aromatic heterocycles. The number of likely N-dealkylation sites (tertiary alicyclic amines) is 1. The Balaban J connectivity index is 1.47. The van der Waals surface area contributed by atoms with Crippen molar-refractivity contribution in [2.24, 2.45) is 0 Å². The molecule has 3 heterocycles. The zero-order valence-corrected chi connectivity index (χ0v) is 15.8. The number of nitrogens with one attached hydrogen (secondary N) is 1. The van der Waals surface area contributed by atoms with E-state index in [0.717, 1.165) is 0 Å². The van der Waals surface area contributed by atoms with E-state index in [-0.39, 0.29) is 24.1 Å². The van der Waals surface area contributed by atoms with Crippen LogP contribution in [0.15, 0.2) is 22.9 Å². The van der Waals surface area contributed by atoms with E-state index in [1.807, 2.05) is 0 Å². The van der Waals surface area contributed by atoms with Gasteiger partial charge in [-0.3, -0.25) is 4.79 Å². The molecule has 0 bridgehead atoms. The van der Waals surface area contributed by atoms with Crippen LogP contribution in [0, 0.1) is 6.92 Å². The second-order valence-electron chi connectivity index (χ2n) is 6.87. The third kappa shape index (κ3) is 5.83. The van der Waals surface area contributed by atoms with Gasteiger partial charge in [0.2, 0.25) is 11.8 Å². The van der Waals surface area contributed by atoms with Crippen LogP contribution in [0.5, 0.6) is 5.88 Å². The van der Waals surface area contributed by atoms with Crippen LogP contribution in [-0.2, 0) is 0 Å². The van der Waals surface area contributed by atoms with Crippen molar-refractivity contribution < 1.29 is 27.2 Å². The van der Waals surface area contributed by atoms with Gasteiger partial charge in [-0.15, -0.1) is 0 Å². The second kappa shape index (κ2) is 8.68. The molecule has 0 aromatic carbocycles. The minimum Gasteiger partial charge on any atom is -0.474 e. The molecule has 0 spiro atoms. The van der Waals surface area contributed by atoms with Gasteiger partial charge in [0.05, 0.1) is 24.0 Å². The molecule has 3 N–H and O–H groups in total. The Hall–Kier alpha value is -2.82. The van der Waals surface area contributed by atoms with Gasteiger partial charge < -0.3 is 25.2 Å². The Morgan fingerprint density at radius 1 is 1.38 bits per heavy atom. The number of nitrogen functional groups attached to an aromatic ring is 1. The molecule has 0 radical (unpaired) electrons. The highest BCUT2D eigenvalue weighted by atomic mass is 19.4. The molecule has 8 nitrogen and oxygen atoms in total. The maximum Gasteiger partial charge on any atom is 0.390 e. The van der Waals surface area contributed by atoms with Crippen LogP contribution in [0.4, 0.5) is 24.7 Å². The summed E-state index contributed by atoms with van der Waals surface area (Å²) >= 11 is 0. The van der Waals surface area contributed by atoms with Gasteiger partial charge in [0.15, 0.2) is 0 Å². The third-order valence-electron chi connectivity index (χ3n) is 4.64. The number of aromatic nitrogens is 2. The van der Waals surface area contributed by atoms with Crippen molar-refractivity contribution in [3.05, 3.63) is 29.6 Å². The number of hydrogen-bond donors (Lipinski definition) is 2. The lowest BCUT2D eigenvalue weighted by Crippen LogP contribution is -2.39. The maximum atomic E-state index is 12.3. The summed E-state index contributed by atoms with van der Waals surface area (Å²) in [5, 5.41) is 6.28. The summed E-state index contributed by atoms with van der Waals surface area (Å²) in [7, 11) is 0. The van der Waals surface area contributed by atoms with Crippen molar-refractivity contribution in [1.29, 1.82) is 0 Å². The molecule has 1 aliphatic rings. The van der Waals surface area contributed by atoms with Gasteiger partial charge in [0.1, 0.15) is 11.7 Å². The van der Waals surface area contributed by atoms with Crippen molar-refractivity contribution in [2.75, 3.05) is 30.7 Å². The van der Waals surface area contributed by atoms with E-state index < -0.39 is 18.5 Å². The summed E-state index contributed by atoms with van der Waals surface area (Å²) in [6, 6.07) is 3.26. The summed E-state index contributed by atoms with van der Waals surface area (Å²) in [5.74, 6) is -0.130. The van der Waals surface area contributed by atoms with E-state index in [1.54, 1.807) is 24.0 Å². The summed E-state index contributed by atoms with van der Waals surface area (Å²) in [6.45, 7) is 2.72. The highest BCUT2D eigenvalue weighted by molar-refractivity contribution is 6.07. The molecule has 2 aromatic rings. The second-order valence-corrected chi connectivity index (χ2v) is 6.87. The maximum absolute atomic E-state index is 12.3. The fraction of sp³-hybridized carbons (Fsp3) is 0.500. The largest absolute Gasteiger partial charge is 0.474 e. The number of amides is 1. The molecular weight excluding hydrogens is 391 g/mol. The van der Waals surface area contributed by atoms with Crippen molar-refractivity contribution >= 4 is 17.5 Å². The Kier molecular flexibility index (Phi) is 6.26. The van der Waals surface area contributed by atoms with Gasteiger partial charge in [0, 0.05) is 25.7 Å². The van der Waals surface area contributed by atoms with Crippen LogP contribution in [0.2, 0.25) is 0 Å². The van der Waals surface area contributed by atoms with Crippen molar-refractivity contribution in [3.63, 3.8) is 0 Å². The molecule has 1 fully saturated rings. The first-order valence-electron chi connectivity index (χ1n) is 9.16. The minimum absolute atomic E-state index is 0.0129. The SMILES string of the molecule is Cc1noc(N)c1C(=O)Nc1ccc(OC2CCN(CCC(F)(F)F)CC2)nc1. The van der Waals surface area contributed by atoms with Crippen LogP contribution in [0.3, 0.4) is 0 Å². The monoisotopic (exact) mass is 413 g/mol. The lowest BCUT2D eigenvalue weighted by molar-refractivity contribution is -0.138. The lowest BCUT2D eigenvalue weighted by Gasteiger charge is -2.32. The molecule has 0 atom stereocenters. The lowest BCUT2D eigenvalue weighted by atomic mass is 10.1. The highest BCUT2D eigenvalue weighted by Gasteiger charge is 2.29. The number of aryl methyl sites for hydroxylation is 1. The number of nitrogens with two attached hydrogens (primary N) is 1. The Morgan fingerprint density at radius 2 is 2.10 bits per heavy atom. The predicted octanol–water partition coefficient (Wildman–Crippen LogP) is 3.01. The summed E-state index contributed by atoms with van der Waals surface area (Å²) in [4.78, 5) is 18.2. The normalized spacial score (nSPS) is 16.0. The summed E-state index contributed by atoms with van der Waals surface area (Å²) in [5.41, 5.74) is 6.59. The van der Waals surface area contributed by atoms with Gasteiger partial charge in [-0.25, -0.2) is 4.98 Å². The minimum atomic E-state index is -4.13. The van der Waals surface area contributed by atoms with Gasteiger partial charge in [-0.2, -0.15) is 13.2 Å². The van der Waals surface area contributed by atoms with Crippen molar-refractivity contribution in [2.45, 2.75) is 38.5 Å². The van der Waals surface area contributed by atoms with Crippen LogP contribution in [-0.4, -0.2) is 52.9 Å². The predicted molar refractivity (Wildman–Crippen MR) is 98.6 cm³/mol. The molecule has 158 valence electrons. The van der Waals surface area contributed by atoms with E-state index in [4.69, 9.17) is 15.0 Å². The third-order valence-corrected chi connectivity index (χ3v) is 4.64. The van der Waals surface area contributed by atoms with Crippen LogP contribution < -0.4 is 15.8 Å². The Bertz CT molecular complexity index is 811. The average Bonchev–Trinajstić information content (AvgIpc) is 3.00. The van der Waals surface area contributed by atoms with E-state index in [9.17, 15) is 18.0 Å². The fourth-order valence-corrected chi connectivity index (χ4v) is 3.09. The zero-order chi connectivity index (χ0) is 21.0. The van der Waals surface area contributed by atoms with Gasteiger partial charge >= 0.3 is 6.18 Å². The number of carbonyl (C=O) groups excluding carboxylic acids is 1. The van der Waals surface area contributed by atoms with Crippen molar-refractivity contribution in [1.82, 2.24) is 15.0 Å². The number of piperidine rings is 1. The van der Waals surface area contributed by atoms with E-state index in [0.29, 0.717) is 43.2 Å². The molecule has 1 saturated heterocycles.